The van der Waals surface area contributed by atoms with Gasteiger partial charge < -0.3 is 14.5 Å². The van der Waals surface area contributed by atoms with Gasteiger partial charge in [-0.15, -0.1) is 0 Å². The van der Waals surface area contributed by atoms with Gasteiger partial charge in [0, 0.05) is 50.3 Å². The number of anilines is 1. The smallest absolute Gasteiger partial charge is 0.222 e. The van der Waals surface area contributed by atoms with E-state index in [1.54, 1.807) is 7.11 Å². The van der Waals surface area contributed by atoms with Crippen LogP contribution in [0.2, 0.25) is 0 Å². The van der Waals surface area contributed by atoms with Crippen LogP contribution in [0.1, 0.15) is 87.9 Å². The minimum atomic E-state index is 0.314. The highest BCUT2D eigenvalue weighted by Gasteiger charge is 2.23. The quantitative estimate of drug-likeness (QED) is 0.363. The zero-order valence-corrected chi connectivity index (χ0v) is 22.3. The van der Waals surface area contributed by atoms with E-state index in [0.29, 0.717) is 12.3 Å². The molecule has 0 spiro atoms. The highest BCUT2D eigenvalue weighted by atomic mass is 16.5. The lowest BCUT2D eigenvalue weighted by Gasteiger charge is -2.26. The van der Waals surface area contributed by atoms with Crippen LogP contribution in [0.15, 0.2) is 24.3 Å². The summed E-state index contributed by atoms with van der Waals surface area (Å²) < 4.78 is 5.32. The van der Waals surface area contributed by atoms with Crippen LogP contribution in [0.4, 0.5) is 5.82 Å². The fourth-order valence-corrected chi connectivity index (χ4v) is 4.91. The summed E-state index contributed by atoms with van der Waals surface area (Å²) in [5, 5.41) is 0. The van der Waals surface area contributed by atoms with E-state index in [4.69, 9.17) is 14.7 Å². The van der Waals surface area contributed by atoms with Crippen molar-refractivity contribution in [3.8, 4) is 5.75 Å². The third kappa shape index (κ3) is 7.94. The molecule has 6 nitrogen and oxygen atoms in total. The van der Waals surface area contributed by atoms with Crippen LogP contribution in [-0.4, -0.2) is 54.1 Å². The van der Waals surface area contributed by atoms with Crippen LogP contribution in [-0.2, 0) is 17.6 Å². The molecule has 1 fully saturated rings. The van der Waals surface area contributed by atoms with Gasteiger partial charge in [0.15, 0.2) is 0 Å². The first-order valence-electron chi connectivity index (χ1n) is 13.6. The maximum absolute atomic E-state index is 12.9. The molecule has 0 saturated carbocycles. The number of methoxy groups -OCH3 is 1. The van der Waals surface area contributed by atoms with Gasteiger partial charge in [-0.1, -0.05) is 58.1 Å². The average Bonchev–Trinajstić information content (AvgIpc) is 3.13. The van der Waals surface area contributed by atoms with Crippen molar-refractivity contribution in [1.82, 2.24) is 14.9 Å². The largest absolute Gasteiger partial charge is 0.497 e. The average molecular weight is 481 g/mol. The predicted octanol–water partition coefficient (Wildman–Crippen LogP) is 5.74. The Morgan fingerprint density at radius 3 is 2.40 bits per heavy atom. The first kappa shape index (κ1) is 27.0. The second kappa shape index (κ2) is 14.1. The van der Waals surface area contributed by atoms with Gasteiger partial charge in [-0.3, -0.25) is 4.79 Å². The van der Waals surface area contributed by atoms with Crippen molar-refractivity contribution in [1.29, 1.82) is 0 Å². The summed E-state index contributed by atoms with van der Waals surface area (Å²) >= 11 is 0. The topological polar surface area (TPSA) is 58.6 Å². The van der Waals surface area contributed by atoms with E-state index in [9.17, 15) is 4.79 Å². The molecule has 1 amide bonds. The lowest BCUT2D eigenvalue weighted by atomic mass is 10.0. The molecule has 0 N–H and O–H groups in total. The van der Waals surface area contributed by atoms with Crippen LogP contribution >= 0.6 is 0 Å². The Kier molecular flexibility index (Phi) is 10.8. The van der Waals surface area contributed by atoms with Crippen LogP contribution in [0.25, 0.3) is 0 Å². The second-order valence-electron chi connectivity index (χ2n) is 9.64. The van der Waals surface area contributed by atoms with E-state index in [2.05, 4.69) is 35.8 Å². The molecule has 3 rings (SSSR count). The number of ether oxygens (including phenoxy) is 1. The minimum absolute atomic E-state index is 0.314. The van der Waals surface area contributed by atoms with Gasteiger partial charge >= 0.3 is 0 Å². The molecule has 0 unspecified atom stereocenters. The molecule has 1 aromatic carbocycles. The van der Waals surface area contributed by atoms with Crippen molar-refractivity contribution in [3.05, 3.63) is 46.9 Å². The van der Waals surface area contributed by atoms with Crippen molar-refractivity contribution < 1.29 is 9.53 Å². The zero-order valence-electron chi connectivity index (χ0n) is 22.3. The molecule has 0 radical (unpaired) electrons. The molecule has 1 aliphatic heterocycles. The first-order valence-corrected chi connectivity index (χ1v) is 13.6. The van der Waals surface area contributed by atoms with E-state index in [1.165, 1.54) is 43.2 Å². The van der Waals surface area contributed by atoms with Crippen molar-refractivity contribution in [2.24, 2.45) is 0 Å². The third-order valence-corrected chi connectivity index (χ3v) is 6.95. The summed E-state index contributed by atoms with van der Waals surface area (Å²) in [5.41, 5.74) is 3.54. The van der Waals surface area contributed by atoms with E-state index < -0.39 is 0 Å². The summed E-state index contributed by atoms with van der Waals surface area (Å²) in [7, 11) is 1.69. The Bertz CT molecular complexity index is 929. The zero-order chi connectivity index (χ0) is 25.0. The Labute approximate surface area is 212 Å². The highest BCUT2D eigenvalue weighted by molar-refractivity contribution is 5.76. The number of unbranched alkanes of at least 4 members (excludes halogenated alkanes) is 5. The molecular weight excluding hydrogens is 436 g/mol. The number of hydrogen-bond donors (Lipinski definition) is 0. The number of carbonyl (C=O) groups excluding carboxylic acids is 1. The normalized spacial score (nSPS) is 14.2. The number of hydrogen-bond acceptors (Lipinski definition) is 5. The lowest BCUT2D eigenvalue weighted by Crippen LogP contribution is -2.35. The van der Waals surface area contributed by atoms with Crippen molar-refractivity contribution in [3.63, 3.8) is 0 Å². The van der Waals surface area contributed by atoms with Crippen molar-refractivity contribution in [2.75, 3.05) is 38.2 Å². The number of rotatable bonds is 12. The Morgan fingerprint density at radius 1 is 0.943 bits per heavy atom. The molecule has 0 bridgehead atoms. The molecule has 0 aliphatic carbocycles. The number of amides is 1. The van der Waals surface area contributed by atoms with Gasteiger partial charge in [0.1, 0.15) is 17.4 Å². The van der Waals surface area contributed by atoms with E-state index in [0.717, 1.165) is 74.9 Å². The number of benzene rings is 1. The van der Waals surface area contributed by atoms with Gasteiger partial charge in [-0.25, -0.2) is 9.97 Å². The Hall–Kier alpha value is -2.63. The lowest BCUT2D eigenvalue weighted by molar-refractivity contribution is -0.131. The maximum atomic E-state index is 12.9. The molecule has 2 heterocycles. The minimum Gasteiger partial charge on any atom is -0.497 e. The van der Waals surface area contributed by atoms with Gasteiger partial charge in [-0.2, -0.15) is 0 Å². The SMILES string of the molecule is CCCCCCCCC(=O)N1CCCN(c2nc(C)nc(CC)c2Cc2ccc(OC)cc2)CC1. The fourth-order valence-electron chi connectivity index (χ4n) is 4.91. The third-order valence-electron chi connectivity index (χ3n) is 6.95. The monoisotopic (exact) mass is 480 g/mol. The summed E-state index contributed by atoms with van der Waals surface area (Å²) in [5.74, 6) is 3.03. The molecule has 2 aromatic rings. The molecule has 1 saturated heterocycles. The standard InChI is InChI=1S/C29H44N4O2/c1-5-7-8-9-10-11-13-28(34)32-18-12-19-33(21-20-32)29-26(27(6-2)30-23(3)31-29)22-24-14-16-25(35-4)17-15-24/h14-17H,5-13,18-22H2,1-4H3. The van der Waals surface area contributed by atoms with Crippen molar-refractivity contribution in [2.45, 2.75) is 85.0 Å². The molecule has 0 atom stereocenters. The fraction of sp³-hybridized carbons (Fsp3) is 0.621. The van der Waals surface area contributed by atoms with Gasteiger partial charge in [0.2, 0.25) is 5.91 Å². The Morgan fingerprint density at radius 2 is 1.69 bits per heavy atom. The predicted molar refractivity (Wildman–Crippen MR) is 143 cm³/mol. The van der Waals surface area contributed by atoms with Crippen molar-refractivity contribution >= 4 is 11.7 Å². The molecule has 1 aromatic heterocycles. The van der Waals surface area contributed by atoms with Crippen LogP contribution in [0.5, 0.6) is 5.75 Å². The van der Waals surface area contributed by atoms with Gasteiger partial charge in [0.05, 0.1) is 7.11 Å². The molecule has 1 aliphatic rings. The number of nitrogens with zero attached hydrogens (tertiary/aromatic N) is 4. The number of carbonyl (C=O) groups is 1. The van der Waals surface area contributed by atoms with Crippen LogP contribution in [0.3, 0.4) is 0 Å². The maximum Gasteiger partial charge on any atom is 0.222 e. The highest BCUT2D eigenvalue weighted by Crippen LogP contribution is 2.27. The van der Waals surface area contributed by atoms with E-state index in [-0.39, 0.29) is 0 Å². The molecule has 192 valence electrons. The van der Waals surface area contributed by atoms with Crippen LogP contribution in [0, 0.1) is 6.92 Å². The molecule has 35 heavy (non-hydrogen) atoms. The van der Waals surface area contributed by atoms with Gasteiger partial charge in [0.25, 0.3) is 0 Å². The second-order valence-corrected chi connectivity index (χ2v) is 9.64. The first-order chi connectivity index (χ1) is 17.0. The summed E-state index contributed by atoms with van der Waals surface area (Å²) in [6.45, 7) is 9.71. The molecule has 6 heteroatoms. The van der Waals surface area contributed by atoms with Crippen LogP contribution < -0.4 is 9.64 Å². The van der Waals surface area contributed by atoms with Gasteiger partial charge in [-0.05, 0) is 43.9 Å². The number of aromatic nitrogens is 2. The summed E-state index contributed by atoms with van der Waals surface area (Å²) in [6.07, 6.45) is 10.6. The van der Waals surface area contributed by atoms with E-state index >= 15 is 0 Å². The number of aryl methyl sites for hydroxylation is 2. The van der Waals surface area contributed by atoms with E-state index in [1.807, 2.05) is 19.1 Å². The molecular formula is C29H44N4O2. The Balaban J connectivity index is 1.67. The summed E-state index contributed by atoms with van der Waals surface area (Å²) in [6, 6.07) is 8.25. The summed E-state index contributed by atoms with van der Waals surface area (Å²) in [4.78, 5) is 27.0.